The summed E-state index contributed by atoms with van der Waals surface area (Å²) in [6.45, 7) is 4.65. The van der Waals surface area contributed by atoms with E-state index in [-0.39, 0.29) is 11.8 Å². The number of hydrogen-bond acceptors (Lipinski definition) is 4. The molecule has 0 bridgehead atoms. The van der Waals surface area contributed by atoms with Crippen LogP contribution in [-0.2, 0) is 16.0 Å². The van der Waals surface area contributed by atoms with Gasteiger partial charge in [0.15, 0.2) is 6.29 Å². The zero-order valence-corrected chi connectivity index (χ0v) is 12.7. The van der Waals surface area contributed by atoms with Crippen LogP contribution in [0.1, 0.15) is 31.2 Å². The number of nitrogens with two attached hydrogens (primary N) is 1. The van der Waals surface area contributed by atoms with E-state index in [9.17, 15) is 0 Å². The highest BCUT2D eigenvalue weighted by molar-refractivity contribution is 5.14. The van der Waals surface area contributed by atoms with E-state index in [4.69, 9.17) is 15.2 Å². The molecule has 0 saturated carbocycles. The van der Waals surface area contributed by atoms with Crippen LogP contribution < -0.4 is 5.73 Å². The van der Waals surface area contributed by atoms with Crippen LogP contribution >= 0.6 is 0 Å². The lowest BCUT2D eigenvalue weighted by Crippen LogP contribution is -2.50. The van der Waals surface area contributed by atoms with Crippen LogP contribution in [0.5, 0.6) is 0 Å². The first kappa shape index (κ1) is 15.0. The first-order valence-corrected chi connectivity index (χ1v) is 8.02. The summed E-state index contributed by atoms with van der Waals surface area (Å²) in [6.07, 6.45) is 4.03. The lowest BCUT2D eigenvalue weighted by molar-refractivity contribution is -0.0529. The van der Waals surface area contributed by atoms with Crippen molar-refractivity contribution >= 4 is 0 Å². The molecule has 0 atom stereocenters. The van der Waals surface area contributed by atoms with E-state index in [0.29, 0.717) is 0 Å². The Balaban J connectivity index is 1.43. The summed E-state index contributed by atoms with van der Waals surface area (Å²) in [6, 6.07) is 10.7. The first-order chi connectivity index (χ1) is 10.2. The minimum atomic E-state index is -0.0392. The fourth-order valence-corrected chi connectivity index (χ4v) is 3.23. The topological polar surface area (TPSA) is 47.7 Å². The molecule has 2 heterocycles. The summed E-state index contributed by atoms with van der Waals surface area (Å²) in [5, 5.41) is 0. The molecule has 116 valence electrons. The largest absolute Gasteiger partial charge is 0.350 e. The Morgan fingerprint density at radius 1 is 1.10 bits per heavy atom. The van der Waals surface area contributed by atoms with Gasteiger partial charge in [-0.15, -0.1) is 0 Å². The SMILES string of the molecule is NC1(CCC2OCCO2)CCN(Cc2ccccc2)CC1. The summed E-state index contributed by atoms with van der Waals surface area (Å²) < 4.78 is 11.0. The lowest BCUT2D eigenvalue weighted by Gasteiger charge is -2.39. The van der Waals surface area contributed by atoms with Crippen molar-refractivity contribution in [1.29, 1.82) is 0 Å². The Labute approximate surface area is 127 Å². The zero-order chi connectivity index (χ0) is 14.5. The van der Waals surface area contributed by atoms with Crippen molar-refractivity contribution in [2.75, 3.05) is 26.3 Å². The van der Waals surface area contributed by atoms with Gasteiger partial charge in [0.25, 0.3) is 0 Å². The predicted molar refractivity (Wildman–Crippen MR) is 82.8 cm³/mol. The smallest absolute Gasteiger partial charge is 0.157 e. The molecule has 0 amide bonds. The number of ether oxygens (including phenoxy) is 2. The summed E-state index contributed by atoms with van der Waals surface area (Å²) in [4.78, 5) is 2.50. The van der Waals surface area contributed by atoms with Gasteiger partial charge in [0.1, 0.15) is 0 Å². The Morgan fingerprint density at radius 3 is 2.43 bits per heavy atom. The normalized spacial score (nSPS) is 23.5. The Kier molecular flexibility index (Phi) is 4.91. The van der Waals surface area contributed by atoms with E-state index in [1.807, 2.05) is 0 Å². The van der Waals surface area contributed by atoms with Gasteiger partial charge in [0.2, 0.25) is 0 Å². The highest BCUT2D eigenvalue weighted by Gasteiger charge is 2.31. The molecule has 2 fully saturated rings. The van der Waals surface area contributed by atoms with Gasteiger partial charge < -0.3 is 15.2 Å². The Bertz CT molecular complexity index is 424. The molecule has 0 radical (unpaired) electrons. The second-order valence-electron chi connectivity index (χ2n) is 6.33. The van der Waals surface area contributed by atoms with E-state index in [1.54, 1.807) is 0 Å². The molecule has 2 aliphatic rings. The van der Waals surface area contributed by atoms with Crippen molar-refractivity contribution in [3.8, 4) is 0 Å². The highest BCUT2D eigenvalue weighted by Crippen LogP contribution is 2.27. The first-order valence-electron chi connectivity index (χ1n) is 8.02. The lowest BCUT2D eigenvalue weighted by atomic mass is 9.84. The van der Waals surface area contributed by atoms with Crippen molar-refractivity contribution < 1.29 is 9.47 Å². The molecule has 1 aromatic carbocycles. The highest BCUT2D eigenvalue weighted by atomic mass is 16.7. The third kappa shape index (κ3) is 4.27. The van der Waals surface area contributed by atoms with E-state index in [1.165, 1.54) is 5.56 Å². The second kappa shape index (κ2) is 6.88. The van der Waals surface area contributed by atoms with Crippen LogP contribution in [0.3, 0.4) is 0 Å². The summed E-state index contributed by atoms with van der Waals surface area (Å²) in [5.41, 5.74) is 7.90. The molecular formula is C17H26N2O2. The average molecular weight is 290 g/mol. The molecule has 4 heteroatoms. The van der Waals surface area contributed by atoms with Gasteiger partial charge in [-0.05, 0) is 24.8 Å². The monoisotopic (exact) mass is 290 g/mol. The van der Waals surface area contributed by atoms with Gasteiger partial charge in [0, 0.05) is 31.6 Å². The van der Waals surface area contributed by atoms with Gasteiger partial charge in [0.05, 0.1) is 13.2 Å². The van der Waals surface area contributed by atoms with Crippen molar-refractivity contribution in [2.24, 2.45) is 5.73 Å². The average Bonchev–Trinajstić information content (AvgIpc) is 3.03. The summed E-state index contributed by atoms with van der Waals surface area (Å²) in [7, 11) is 0. The van der Waals surface area contributed by atoms with Gasteiger partial charge in [-0.3, -0.25) is 4.90 Å². The van der Waals surface area contributed by atoms with E-state index in [0.717, 1.165) is 58.5 Å². The molecule has 0 spiro atoms. The van der Waals surface area contributed by atoms with Gasteiger partial charge in [-0.2, -0.15) is 0 Å². The van der Waals surface area contributed by atoms with E-state index in [2.05, 4.69) is 35.2 Å². The molecule has 2 N–H and O–H groups in total. The Hall–Kier alpha value is -0.940. The standard InChI is InChI=1S/C17H26N2O2/c18-17(7-6-16-20-12-13-21-16)8-10-19(11-9-17)14-15-4-2-1-3-5-15/h1-5,16H,6-14,18H2. The predicted octanol–water partition coefficient (Wildman–Crippen LogP) is 2.13. The van der Waals surface area contributed by atoms with Crippen molar-refractivity contribution in [1.82, 2.24) is 4.90 Å². The van der Waals surface area contributed by atoms with Gasteiger partial charge in [-0.25, -0.2) is 0 Å². The molecular weight excluding hydrogens is 264 g/mol. The number of piperidine rings is 1. The fraction of sp³-hybridized carbons (Fsp3) is 0.647. The number of hydrogen-bond donors (Lipinski definition) is 1. The maximum atomic E-state index is 6.56. The maximum Gasteiger partial charge on any atom is 0.157 e. The zero-order valence-electron chi connectivity index (χ0n) is 12.7. The fourth-order valence-electron chi connectivity index (χ4n) is 3.23. The van der Waals surface area contributed by atoms with Crippen molar-refractivity contribution in [2.45, 2.75) is 44.1 Å². The molecule has 2 aliphatic heterocycles. The third-order valence-corrected chi connectivity index (χ3v) is 4.67. The maximum absolute atomic E-state index is 6.56. The summed E-state index contributed by atoms with van der Waals surface area (Å²) in [5.74, 6) is 0. The van der Waals surface area contributed by atoms with Gasteiger partial charge in [-0.1, -0.05) is 30.3 Å². The number of rotatable bonds is 5. The van der Waals surface area contributed by atoms with Crippen LogP contribution in [0, 0.1) is 0 Å². The van der Waals surface area contributed by atoms with E-state index >= 15 is 0 Å². The molecule has 4 nitrogen and oxygen atoms in total. The Morgan fingerprint density at radius 2 is 1.76 bits per heavy atom. The number of benzene rings is 1. The molecule has 2 saturated heterocycles. The molecule has 0 aromatic heterocycles. The minimum Gasteiger partial charge on any atom is -0.350 e. The molecule has 0 aliphatic carbocycles. The quantitative estimate of drug-likeness (QED) is 0.902. The van der Waals surface area contributed by atoms with Crippen LogP contribution in [0.25, 0.3) is 0 Å². The molecule has 0 unspecified atom stereocenters. The number of nitrogens with zero attached hydrogens (tertiary/aromatic N) is 1. The number of likely N-dealkylation sites (tertiary alicyclic amines) is 1. The van der Waals surface area contributed by atoms with Crippen LogP contribution in [0.4, 0.5) is 0 Å². The molecule has 3 rings (SSSR count). The minimum absolute atomic E-state index is 0.0206. The molecule has 1 aromatic rings. The van der Waals surface area contributed by atoms with Gasteiger partial charge >= 0.3 is 0 Å². The van der Waals surface area contributed by atoms with Crippen LogP contribution in [-0.4, -0.2) is 43.0 Å². The van der Waals surface area contributed by atoms with Crippen molar-refractivity contribution in [3.05, 3.63) is 35.9 Å². The summed E-state index contributed by atoms with van der Waals surface area (Å²) >= 11 is 0. The molecule has 21 heavy (non-hydrogen) atoms. The van der Waals surface area contributed by atoms with Crippen molar-refractivity contribution in [3.63, 3.8) is 0 Å². The third-order valence-electron chi connectivity index (χ3n) is 4.67. The van der Waals surface area contributed by atoms with Crippen LogP contribution in [0.15, 0.2) is 30.3 Å². The second-order valence-corrected chi connectivity index (χ2v) is 6.33. The van der Waals surface area contributed by atoms with E-state index < -0.39 is 0 Å². The van der Waals surface area contributed by atoms with Crippen LogP contribution in [0.2, 0.25) is 0 Å².